The van der Waals surface area contributed by atoms with Crippen LogP contribution in [-0.2, 0) is 11.3 Å². The Morgan fingerprint density at radius 3 is 2.43 bits per heavy atom. The smallest absolute Gasteiger partial charge is 0.310 e. The van der Waals surface area contributed by atoms with Crippen molar-refractivity contribution >= 4 is 5.97 Å². The number of hydrogen-bond acceptors (Lipinski definition) is 3. The molecule has 0 bridgehead atoms. The van der Waals surface area contributed by atoms with Gasteiger partial charge in [-0.1, -0.05) is 49.2 Å². The third kappa shape index (κ3) is 3.59. The Hall–Kier alpha value is -2.20. The number of rotatable bonds is 6. The van der Waals surface area contributed by atoms with Gasteiger partial charge in [0.05, 0.1) is 11.1 Å². The molecule has 1 aliphatic rings. The summed E-state index contributed by atoms with van der Waals surface area (Å²) >= 11 is 0. The zero-order chi connectivity index (χ0) is 16.1. The van der Waals surface area contributed by atoms with E-state index < -0.39 is 11.4 Å². The predicted octanol–water partition coefficient (Wildman–Crippen LogP) is 3.48. The standard InChI is InChI=1S/C19H22N2O2/c22-18(23)19(10-4-5-11-19)14-20-13-17-9-8-16(12-21-17)15-6-2-1-3-7-15/h1-3,6-9,12,20H,4-5,10-11,13-14H2,(H,22,23). The van der Waals surface area contributed by atoms with Crippen LogP contribution in [0.5, 0.6) is 0 Å². The van der Waals surface area contributed by atoms with Crippen molar-refractivity contribution in [2.45, 2.75) is 32.2 Å². The number of nitrogens with one attached hydrogen (secondary N) is 1. The lowest BCUT2D eigenvalue weighted by Crippen LogP contribution is -2.38. The van der Waals surface area contributed by atoms with Gasteiger partial charge in [-0.05, 0) is 24.5 Å². The van der Waals surface area contributed by atoms with Gasteiger partial charge in [-0.2, -0.15) is 0 Å². The second-order valence-corrected chi connectivity index (χ2v) is 6.30. The van der Waals surface area contributed by atoms with Gasteiger partial charge in [-0.15, -0.1) is 0 Å². The average molecular weight is 310 g/mol. The van der Waals surface area contributed by atoms with Crippen molar-refractivity contribution < 1.29 is 9.90 Å². The van der Waals surface area contributed by atoms with Crippen LogP contribution in [0.15, 0.2) is 48.7 Å². The van der Waals surface area contributed by atoms with Crippen LogP contribution in [0, 0.1) is 5.41 Å². The Morgan fingerprint density at radius 2 is 1.83 bits per heavy atom. The van der Waals surface area contributed by atoms with Crippen molar-refractivity contribution in [1.82, 2.24) is 10.3 Å². The summed E-state index contributed by atoms with van der Waals surface area (Å²) in [5.41, 5.74) is 2.59. The summed E-state index contributed by atoms with van der Waals surface area (Å²) in [5.74, 6) is -0.671. The summed E-state index contributed by atoms with van der Waals surface area (Å²) in [4.78, 5) is 16.0. The Kier molecular flexibility index (Phi) is 4.72. The van der Waals surface area contributed by atoms with Gasteiger partial charge >= 0.3 is 5.97 Å². The second kappa shape index (κ2) is 6.92. The van der Waals surface area contributed by atoms with Gasteiger partial charge in [0.1, 0.15) is 0 Å². The molecule has 0 radical (unpaired) electrons. The molecule has 0 aliphatic heterocycles. The Balaban J connectivity index is 1.58. The molecule has 1 saturated carbocycles. The molecule has 4 nitrogen and oxygen atoms in total. The number of carbonyl (C=O) groups is 1. The highest BCUT2D eigenvalue weighted by Crippen LogP contribution is 2.37. The third-order valence-electron chi connectivity index (χ3n) is 4.72. The molecule has 0 amide bonds. The van der Waals surface area contributed by atoms with Crippen LogP contribution >= 0.6 is 0 Å². The van der Waals surface area contributed by atoms with Gasteiger partial charge in [0, 0.05) is 24.8 Å². The van der Waals surface area contributed by atoms with E-state index in [1.165, 1.54) is 0 Å². The first-order valence-corrected chi connectivity index (χ1v) is 8.14. The van der Waals surface area contributed by atoms with Crippen LogP contribution in [0.1, 0.15) is 31.4 Å². The lowest BCUT2D eigenvalue weighted by atomic mass is 9.86. The van der Waals surface area contributed by atoms with Crippen LogP contribution < -0.4 is 5.32 Å². The maximum Gasteiger partial charge on any atom is 0.310 e. The van der Waals surface area contributed by atoms with E-state index in [1.807, 2.05) is 30.5 Å². The molecule has 0 saturated heterocycles. The summed E-state index contributed by atoms with van der Waals surface area (Å²) in [7, 11) is 0. The fourth-order valence-corrected chi connectivity index (χ4v) is 3.28. The number of pyridine rings is 1. The highest BCUT2D eigenvalue weighted by atomic mass is 16.4. The predicted molar refractivity (Wildman–Crippen MR) is 89.9 cm³/mol. The van der Waals surface area contributed by atoms with Gasteiger partial charge in [0.15, 0.2) is 0 Å². The number of carboxylic acids is 1. The Morgan fingerprint density at radius 1 is 1.09 bits per heavy atom. The summed E-state index contributed by atoms with van der Waals surface area (Å²) in [6.45, 7) is 1.12. The van der Waals surface area contributed by atoms with Gasteiger partial charge in [0.2, 0.25) is 0 Å². The van der Waals surface area contributed by atoms with Crippen LogP contribution in [0.4, 0.5) is 0 Å². The number of benzene rings is 1. The quantitative estimate of drug-likeness (QED) is 0.857. The lowest BCUT2D eigenvalue weighted by Gasteiger charge is -2.24. The molecule has 120 valence electrons. The molecule has 3 rings (SSSR count). The number of nitrogens with zero attached hydrogens (tertiary/aromatic N) is 1. The molecule has 1 heterocycles. The molecule has 1 fully saturated rings. The zero-order valence-corrected chi connectivity index (χ0v) is 13.2. The van der Waals surface area contributed by atoms with E-state index in [4.69, 9.17) is 0 Å². The maximum absolute atomic E-state index is 11.5. The Labute approximate surface area is 136 Å². The third-order valence-corrected chi connectivity index (χ3v) is 4.72. The average Bonchev–Trinajstić information content (AvgIpc) is 3.07. The molecule has 1 aromatic heterocycles. The second-order valence-electron chi connectivity index (χ2n) is 6.30. The summed E-state index contributed by atoms with van der Waals surface area (Å²) in [6.07, 6.45) is 5.44. The van der Waals surface area contributed by atoms with Crippen LogP contribution in [0.2, 0.25) is 0 Å². The number of hydrogen-bond donors (Lipinski definition) is 2. The largest absolute Gasteiger partial charge is 0.481 e. The van der Waals surface area contributed by atoms with E-state index >= 15 is 0 Å². The molecule has 1 aliphatic carbocycles. The maximum atomic E-state index is 11.5. The van der Waals surface area contributed by atoms with E-state index in [0.29, 0.717) is 13.1 Å². The summed E-state index contributed by atoms with van der Waals surface area (Å²) in [6, 6.07) is 14.2. The van der Waals surface area contributed by atoms with Gasteiger partial charge in [-0.3, -0.25) is 9.78 Å². The van der Waals surface area contributed by atoms with Crippen LogP contribution in [0.3, 0.4) is 0 Å². The normalized spacial score (nSPS) is 16.3. The van der Waals surface area contributed by atoms with Crippen molar-refractivity contribution in [2.75, 3.05) is 6.54 Å². The topological polar surface area (TPSA) is 62.2 Å². The van der Waals surface area contributed by atoms with Crippen LogP contribution in [0.25, 0.3) is 11.1 Å². The highest BCUT2D eigenvalue weighted by Gasteiger charge is 2.40. The van der Waals surface area contributed by atoms with E-state index in [2.05, 4.69) is 28.5 Å². The van der Waals surface area contributed by atoms with Crippen molar-refractivity contribution in [1.29, 1.82) is 0 Å². The first kappa shape index (κ1) is 15.7. The van der Waals surface area contributed by atoms with Crippen molar-refractivity contribution in [3.05, 3.63) is 54.4 Å². The molecule has 0 unspecified atom stereocenters. The van der Waals surface area contributed by atoms with Crippen molar-refractivity contribution in [2.24, 2.45) is 5.41 Å². The molecule has 0 atom stereocenters. The van der Waals surface area contributed by atoms with E-state index in [0.717, 1.165) is 42.5 Å². The van der Waals surface area contributed by atoms with Gasteiger partial charge in [0.25, 0.3) is 0 Å². The summed E-state index contributed by atoms with van der Waals surface area (Å²) < 4.78 is 0. The zero-order valence-electron chi connectivity index (χ0n) is 13.2. The molecular formula is C19H22N2O2. The minimum Gasteiger partial charge on any atom is -0.481 e. The van der Waals surface area contributed by atoms with Crippen LogP contribution in [-0.4, -0.2) is 22.6 Å². The fraction of sp³-hybridized carbons (Fsp3) is 0.368. The van der Waals surface area contributed by atoms with E-state index in [9.17, 15) is 9.90 Å². The first-order valence-electron chi connectivity index (χ1n) is 8.14. The first-order chi connectivity index (χ1) is 11.2. The van der Waals surface area contributed by atoms with Gasteiger partial charge in [-0.25, -0.2) is 0 Å². The molecule has 1 aromatic carbocycles. The summed E-state index contributed by atoms with van der Waals surface area (Å²) in [5, 5.41) is 12.7. The molecule has 2 N–H and O–H groups in total. The minimum atomic E-state index is -0.671. The van der Waals surface area contributed by atoms with Gasteiger partial charge < -0.3 is 10.4 Å². The van der Waals surface area contributed by atoms with E-state index in [1.54, 1.807) is 0 Å². The highest BCUT2D eigenvalue weighted by molar-refractivity contribution is 5.75. The molecule has 0 spiro atoms. The minimum absolute atomic E-state index is 0.518. The number of aliphatic carboxylic acids is 1. The molecular weight excluding hydrogens is 288 g/mol. The number of aromatic nitrogens is 1. The Bertz CT molecular complexity index is 647. The fourth-order valence-electron chi connectivity index (χ4n) is 3.28. The van der Waals surface area contributed by atoms with Crippen molar-refractivity contribution in [3.63, 3.8) is 0 Å². The molecule has 23 heavy (non-hydrogen) atoms. The SMILES string of the molecule is O=C(O)C1(CNCc2ccc(-c3ccccc3)cn2)CCCC1. The molecule has 4 heteroatoms. The monoisotopic (exact) mass is 310 g/mol. The van der Waals surface area contributed by atoms with E-state index in [-0.39, 0.29) is 0 Å². The lowest BCUT2D eigenvalue weighted by molar-refractivity contribution is -0.148. The van der Waals surface area contributed by atoms with Crippen molar-refractivity contribution in [3.8, 4) is 11.1 Å². The molecule has 2 aromatic rings. The number of carboxylic acid groups (broad SMARTS) is 1.